The maximum Gasteiger partial charge on any atom is 0.316 e. The maximum absolute atomic E-state index is 11.5. The summed E-state index contributed by atoms with van der Waals surface area (Å²) in [5.74, 6) is -0.246. The molecule has 5 nitrogen and oxygen atoms in total. The Morgan fingerprint density at radius 3 is 2.44 bits per heavy atom. The molecule has 0 unspecified atom stereocenters. The summed E-state index contributed by atoms with van der Waals surface area (Å²) in [6.07, 6.45) is 6.63. The van der Waals surface area contributed by atoms with E-state index in [0.717, 1.165) is 0 Å². The number of hydrogen-bond donors (Lipinski definition) is 3. The molecule has 0 aromatic heterocycles. The molecule has 0 atom stereocenters. The van der Waals surface area contributed by atoms with Crippen LogP contribution in [0, 0.1) is 0 Å². The minimum Gasteiger partial charge on any atom is -0.351 e. The van der Waals surface area contributed by atoms with Crippen LogP contribution in [0.5, 0.6) is 0 Å². The fourth-order valence-electron chi connectivity index (χ4n) is 1.25. The van der Waals surface area contributed by atoms with Crippen LogP contribution < -0.4 is 16.4 Å². The lowest BCUT2D eigenvalue weighted by atomic mass is 10.2. The van der Waals surface area contributed by atoms with Crippen molar-refractivity contribution in [3.63, 3.8) is 0 Å². The summed E-state index contributed by atoms with van der Waals surface area (Å²) in [6.45, 7) is 1.86. The Morgan fingerprint density at radius 2 is 1.83 bits per heavy atom. The van der Waals surface area contributed by atoms with E-state index in [-0.39, 0.29) is 5.91 Å². The first kappa shape index (κ1) is 13.5. The van der Waals surface area contributed by atoms with Gasteiger partial charge in [-0.1, -0.05) is 24.3 Å². The molecule has 18 heavy (non-hydrogen) atoms. The average molecular weight is 245 g/mol. The summed E-state index contributed by atoms with van der Waals surface area (Å²) in [7, 11) is 0. The molecule has 1 rings (SSSR count). The van der Waals surface area contributed by atoms with Gasteiger partial charge in [-0.15, -0.1) is 0 Å². The van der Waals surface area contributed by atoms with E-state index >= 15 is 0 Å². The first-order valence-electron chi connectivity index (χ1n) is 5.38. The van der Waals surface area contributed by atoms with Crippen LogP contribution >= 0.6 is 0 Å². The van der Waals surface area contributed by atoms with Crippen LogP contribution in [0.4, 0.5) is 16.2 Å². The van der Waals surface area contributed by atoms with Gasteiger partial charge in [-0.05, 0) is 25.1 Å². The van der Waals surface area contributed by atoms with Crippen molar-refractivity contribution in [3.05, 3.63) is 48.6 Å². The van der Waals surface area contributed by atoms with Gasteiger partial charge in [0, 0.05) is 17.5 Å². The van der Waals surface area contributed by atoms with Crippen molar-refractivity contribution in [1.82, 2.24) is 0 Å². The summed E-state index contributed by atoms with van der Waals surface area (Å²) in [6, 6.07) is 6.07. The molecule has 1 aromatic carbocycles. The normalized spacial score (nSPS) is 10.7. The maximum atomic E-state index is 11.5. The molecule has 0 aliphatic heterocycles. The Bertz CT molecular complexity index is 493. The van der Waals surface area contributed by atoms with Crippen LogP contribution in [0.25, 0.3) is 0 Å². The third-order valence-electron chi connectivity index (χ3n) is 1.95. The zero-order chi connectivity index (χ0) is 13.4. The second-order valence-electron chi connectivity index (χ2n) is 3.44. The van der Waals surface area contributed by atoms with Gasteiger partial charge in [0.25, 0.3) is 0 Å². The van der Waals surface area contributed by atoms with Crippen LogP contribution in [-0.2, 0) is 4.79 Å². The smallest absolute Gasteiger partial charge is 0.316 e. The fraction of sp³-hybridized carbons (Fsp3) is 0.0769. The molecule has 0 spiro atoms. The zero-order valence-corrected chi connectivity index (χ0v) is 10.0. The molecule has 0 saturated heterocycles. The van der Waals surface area contributed by atoms with Crippen LogP contribution in [0.2, 0.25) is 0 Å². The number of amides is 3. The molecule has 1 aromatic rings. The van der Waals surface area contributed by atoms with E-state index in [0.29, 0.717) is 11.4 Å². The van der Waals surface area contributed by atoms with Crippen molar-refractivity contribution in [3.8, 4) is 0 Å². The predicted molar refractivity (Wildman–Crippen MR) is 72.2 cm³/mol. The highest BCUT2D eigenvalue weighted by Gasteiger charge is 2.00. The second-order valence-corrected chi connectivity index (χ2v) is 3.44. The summed E-state index contributed by atoms with van der Waals surface area (Å²) < 4.78 is 0. The number of primary amides is 1. The molecule has 3 amide bonds. The number of benzene rings is 1. The lowest BCUT2D eigenvalue weighted by Crippen LogP contribution is -2.19. The first-order chi connectivity index (χ1) is 8.61. The van der Waals surface area contributed by atoms with Crippen LogP contribution in [0.3, 0.4) is 0 Å². The predicted octanol–water partition coefficient (Wildman–Crippen LogP) is 2.25. The van der Waals surface area contributed by atoms with Crippen molar-refractivity contribution in [2.24, 2.45) is 5.73 Å². The minimum absolute atomic E-state index is 0.246. The van der Waals surface area contributed by atoms with E-state index in [1.54, 1.807) is 36.4 Å². The summed E-state index contributed by atoms with van der Waals surface area (Å²) in [4.78, 5) is 22.2. The molecule has 0 fully saturated rings. The number of carbonyl (C=O) groups is 2. The Labute approximate surface area is 105 Å². The van der Waals surface area contributed by atoms with E-state index in [2.05, 4.69) is 10.6 Å². The first-order valence-corrected chi connectivity index (χ1v) is 5.38. The topological polar surface area (TPSA) is 84.2 Å². The van der Waals surface area contributed by atoms with E-state index in [4.69, 9.17) is 5.73 Å². The summed E-state index contributed by atoms with van der Waals surface area (Å²) in [5, 5.41) is 5.09. The van der Waals surface area contributed by atoms with E-state index in [9.17, 15) is 9.59 Å². The van der Waals surface area contributed by atoms with Crippen LogP contribution in [-0.4, -0.2) is 11.9 Å². The third kappa shape index (κ3) is 4.98. The summed E-state index contributed by atoms with van der Waals surface area (Å²) in [5.41, 5.74) is 6.11. The van der Waals surface area contributed by atoms with Gasteiger partial charge in [0.1, 0.15) is 0 Å². The largest absolute Gasteiger partial charge is 0.351 e. The quantitative estimate of drug-likeness (QED) is 0.561. The van der Waals surface area contributed by atoms with Gasteiger partial charge in [-0.2, -0.15) is 0 Å². The number of hydrogen-bond acceptors (Lipinski definition) is 2. The number of nitrogens with one attached hydrogen (secondary N) is 2. The Morgan fingerprint density at radius 1 is 1.17 bits per heavy atom. The Hall–Kier alpha value is -2.56. The minimum atomic E-state index is -0.647. The molecule has 5 heteroatoms. The molecular weight excluding hydrogens is 230 g/mol. The van der Waals surface area contributed by atoms with Crippen molar-refractivity contribution in [2.75, 3.05) is 10.6 Å². The Balaban J connectivity index is 2.67. The highest BCUT2D eigenvalue weighted by atomic mass is 16.2. The van der Waals surface area contributed by atoms with Crippen molar-refractivity contribution < 1.29 is 9.59 Å². The number of rotatable bonds is 4. The molecule has 0 bridgehead atoms. The number of anilines is 2. The van der Waals surface area contributed by atoms with Gasteiger partial charge in [0.2, 0.25) is 5.91 Å². The van der Waals surface area contributed by atoms with E-state index in [1.807, 2.05) is 13.0 Å². The van der Waals surface area contributed by atoms with E-state index in [1.165, 1.54) is 6.08 Å². The van der Waals surface area contributed by atoms with Gasteiger partial charge in [-0.25, -0.2) is 4.79 Å². The number of carbonyl (C=O) groups excluding carboxylic acids is 2. The number of allylic oxidation sites excluding steroid dienone is 3. The lowest BCUT2D eigenvalue weighted by molar-refractivity contribution is -0.111. The van der Waals surface area contributed by atoms with Gasteiger partial charge in [-0.3, -0.25) is 4.79 Å². The zero-order valence-electron chi connectivity index (χ0n) is 10.0. The average Bonchev–Trinajstić information content (AvgIpc) is 2.28. The molecular formula is C13H15N3O2. The summed E-state index contributed by atoms with van der Waals surface area (Å²) >= 11 is 0. The monoisotopic (exact) mass is 245 g/mol. The number of nitrogens with two attached hydrogens (primary N) is 1. The fourth-order valence-corrected chi connectivity index (χ4v) is 1.25. The Kier molecular flexibility index (Phi) is 5.18. The molecule has 0 aliphatic carbocycles. The lowest BCUT2D eigenvalue weighted by Gasteiger charge is -2.05. The third-order valence-corrected chi connectivity index (χ3v) is 1.95. The van der Waals surface area contributed by atoms with E-state index < -0.39 is 6.03 Å². The van der Waals surface area contributed by atoms with Crippen LogP contribution in [0.1, 0.15) is 6.92 Å². The molecule has 0 saturated carbocycles. The standard InChI is InChI=1S/C13H15N3O2/c1-2-3-4-8-12(17)15-10-6-5-7-11(9-10)16-13(14)18/h2-9H,1H3,(H,15,17)(H3,14,16,18)/b3-2+,8-4+. The van der Waals surface area contributed by atoms with Gasteiger partial charge in [0.15, 0.2) is 0 Å². The molecule has 0 aliphatic rings. The van der Waals surface area contributed by atoms with Gasteiger partial charge in [0.05, 0.1) is 0 Å². The van der Waals surface area contributed by atoms with Crippen molar-refractivity contribution in [1.29, 1.82) is 0 Å². The van der Waals surface area contributed by atoms with Gasteiger partial charge < -0.3 is 16.4 Å². The van der Waals surface area contributed by atoms with Crippen molar-refractivity contribution >= 4 is 23.3 Å². The van der Waals surface area contributed by atoms with Gasteiger partial charge >= 0.3 is 6.03 Å². The SMILES string of the molecule is C/C=C/C=C/C(=O)Nc1cccc(NC(N)=O)c1. The highest BCUT2D eigenvalue weighted by molar-refractivity contribution is 6.00. The highest BCUT2D eigenvalue weighted by Crippen LogP contribution is 2.14. The second kappa shape index (κ2) is 6.90. The number of urea groups is 1. The van der Waals surface area contributed by atoms with Crippen molar-refractivity contribution in [2.45, 2.75) is 6.92 Å². The molecule has 4 N–H and O–H groups in total. The molecule has 94 valence electrons. The van der Waals surface area contributed by atoms with Crippen LogP contribution in [0.15, 0.2) is 48.6 Å². The molecule has 0 radical (unpaired) electrons. The molecule has 0 heterocycles.